The number of hydrogen-bond acceptors (Lipinski definition) is 3. The highest BCUT2D eigenvalue weighted by atomic mass is 35.5. The predicted molar refractivity (Wildman–Crippen MR) is 61.4 cm³/mol. The van der Waals surface area contributed by atoms with Crippen LogP contribution in [-0.4, -0.2) is 31.3 Å². The van der Waals surface area contributed by atoms with Gasteiger partial charge in [0.25, 0.3) is 0 Å². The predicted octanol–water partition coefficient (Wildman–Crippen LogP) is 2.05. The molecule has 0 N–H and O–H groups in total. The van der Waals surface area contributed by atoms with Crippen LogP contribution in [0.3, 0.4) is 0 Å². The molecule has 1 aromatic rings. The quantitative estimate of drug-likeness (QED) is 0.738. The molecule has 1 aliphatic rings. The van der Waals surface area contributed by atoms with E-state index in [0.29, 0.717) is 11.9 Å². The topological polar surface area (TPSA) is 25.4 Å². The van der Waals surface area contributed by atoms with Crippen molar-refractivity contribution < 1.29 is 4.74 Å². The molecule has 15 heavy (non-hydrogen) atoms. The normalized spacial score (nSPS) is 20.5. The minimum absolute atomic E-state index is 0.461. The Bertz CT molecular complexity index is 326. The molecule has 82 valence electrons. The van der Waals surface area contributed by atoms with E-state index in [-0.39, 0.29) is 0 Å². The van der Waals surface area contributed by atoms with Crippen LogP contribution in [0.25, 0.3) is 0 Å². The third-order valence-corrected chi connectivity index (χ3v) is 3.07. The van der Waals surface area contributed by atoms with Gasteiger partial charge in [0, 0.05) is 25.5 Å². The number of halogens is 1. The highest BCUT2D eigenvalue weighted by Crippen LogP contribution is 2.20. The summed E-state index contributed by atoms with van der Waals surface area (Å²) in [6.07, 6.45) is 2.90. The van der Waals surface area contributed by atoms with Crippen molar-refractivity contribution in [3.8, 4) is 0 Å². The molecule has 0 amide bonds. The van der Waals surface area contributed by atoms with E-state index < -0.39 is 0 Å². The van der Waals surface area contributed by atoms with Crippen molar-refractivity contribution in [1.29, 1.82) is 0 Å². The molecule has 1 saturated heterocycles. The zero-order valence-electron chi connectivity index (χ0n) is 8.82. The standard InChI is InChI=1S/C11H15ClN2O/c1-14(11-3-5-15-8-11)10-2-4-13-9(6-10)7-12/h2,4,6,11H,3,5,7-8H2,1H3. The van der Waals surface area contributed by atoms with Crippen LogP contribution in [0.1, 0.15) is 12.1 Å². The van der Waals surface area contributed by atoms with E-state index in [1.165, 1.54) is 0 Å². The molecule has 0 aliphatic carbocycles. The number of alkyl halides is 1. The van der Waals surface area contributed by atoms with Gasteiger partial charge in [0.15, 0.2) is 0 Å². The zero-order chi connectivity index (χ0) is 10.7. The molecule has 0 radical (unpaired) electrons. The first kappa shape index (κ1) is 10.7. The Morgan fingerprint density at radius 3 is 3.20 bits per heavy atom. The number of anilines is 1. The van der Waals surface area contributed by atoms with Gasteiger partial charge >= 0.3 is 0 Å². The lowest BCUT2D eigenvalue weighted by Gasteiger charge is -2.25. The first-order chi connectivity index (χ1) is 7.31. The van der Waals surface area contributed by atoms with Gasteiger partial charge < -0.3 is 9.64 Å². The molecule has 2 rings (SSSR count). The number of pyridine rings is 1. The summed E-state index contributed by atoms with van der Waals surface area (Å²) in [5, 5.41) is 0. The maximum Gasteiger partial charge on any atom is 0.0670 e. The molecule has 1 unspecified atom stereocenters. The molecule has 0 saturated carbocycles. The Hall–Kier alpha value is -0.800. The maximum absolute atomic E-state index is 5.76. The van der Waals surface area contributed by atoms with Crippen molar-refractivity contribution in [3.63, 3.8) is 0 Å². The molecule has 4 heteroatoms. The largest absolute Gasteiger partial charge is 0.379 e. The molecule has 0 spiro atoms. The number of ether oxygens (including phenoxy) is 1. The molecule has 2 heterocycles. The third-order valence-electron chi connectivity index (χ3n) is 2.80. The van der Waals surface area contributed by atoms with Gasteiger partial charge in [-0.25, -0.2) is 0 Å². The van der Waals surface area contributed by atoms with Crippen LogP contribution in [0.15, 0.2) is 18.3 Å². The molecule has 1 atom stereocenters. The molecular weight excluding hydrogens is 212 g/mol. The average Bonchev–Trinajstić information content (AvgIpc) is 2.81. The fraction of sp³-hybridized carbons (Fsp3) is 0.545. The highest BCUT2D eigenvalue weighted by Gasteiger charge is 2.20. The summed E-state index contributed by atoms with van der Waals surface area (Å²) in [7, 11) is 2.09. The molecule has 1 fully saturated rings. The summed E-state index contributed by atoms with van der Waals surface area (Å²) in [4.78, 5) is 6.42. The molecule has 0 bridgehead atoms. The summed E-state index contributed by atoms with van der Waals surface area (Å²) in [6.45, 7) is 1.68. The zero-order valence-corrected chi connectivity index (χ0v) is 9.57. The van der Waals surface area contributed by atoms with Gasteiger partial charge in [0.2, 0.25) is 0 Å². The Kier molecular flexibility index (Phi) is 3.44. The van der Waals surface area contributed by atoms with Crippen LogP contribution in [0, 0.1) is 0 Å². The van der Waals surface area contributed by atoms with Crippen LogP contribution < -0.4 is 4.90 Å². The summed E-state index contributed by atoms with van der Waals surface area (Å²) < 4.78 is 5.37. The maximum atomic E-state index is 5.76. The molecule has 1 aliphatic heterocycles. The van der Waals surface area contributed by atoms with Crippen LogP contribution in [0.2, 0.25) is 0 Å². The van der Waals surface area contributed by atoms with E-state index in [1.807, 2.05) is 12.1 Å². The average molecular weight is 227 g/mol. The first-order valence-electron chi connectivity index (χ1n) is 5.12. The highest BCUT2D eigenvalue weighted by molar-refractivity contribution is 6.16. The summed E-state index contributed by atoms with van der Waals surface area (Å²) in [5.41, 5.74) is 2.08. The van der Waals surface area contributed by atoms with Crippen LogP contribution in [0.5, 0.6) is 0 Å². The van der Waals surface area contributed by atoms with E-state index in [9.17, 15) is 0 Å². The SMILES string of the molecule is CN(c1ccnc(CCl)c1)C1CCOC1. The van der Waals surface area contributed by atoms with E-state index in [1.54, 1.807) is 6.20 Å². The van der Waals surface area contributed by atoms with Crippen molar-refractivity contribution in [1.82, 2.24) is 4.98 Å². The van der Waals surface area contributed by atoms with E-state index >= 15 is 0 Å². The Labute approximate surface area is 95.0 Å². The number of nitrogens with zero attached hydrogens (tertiary/aromatic N) is 2. The fourth-order valence-corrected chi connectivity index (χ4v) is 1.94. The van der Waals surface area contributed by atoms with E-state index in [0.717, 1.165) is 31.0 Å². The van der Waals surface area contributed by atoms with Gasteiger partial charge in [0.1, 0.15) is 0 Å². The minimum Gasteiger partial charge on any atom is -0.379 e. The van der Waals surface area contributed by atoms with Gasteiger partial charge in [-0.2, -0.15) is 0 Å². The monoisotopic (exact) mass is 226 g/mol. The van der Waals surface area contributed by atoms with Crippen molar-refractivity contribution in [2.45, 2.75) is 18.3 Å². The van der Waals surface area contributed by atoms with Crippen LogP contribution in [-0.2, 0) is 10.6 Å². The summed E-state index contributed by atoms with van der Waals surface area (Å²) in [5.74, 6) is 0.461. The molecule has 0 aromatic carbocycles. The lowest BCUT2D eigenvalue weighted by atomic mass is 10.2. The second-order valence-electron chi connectivity index (χ2n) is 3.77. The second kappa shape index (κ2) is 4.81. The van der Waals surface area contributed by atoms with Crippen molar-refractivity contribution >= 4 is 17.3 Å². The van der Waals surface area contributed by atoms with E-state index in [4.69, 9.17) is 16.3 Å². The number of hydrogen-bond donors (Lipinski definition) is 0. The van der Waals surface area contributed by atoms with Gasteiger partial charge in [-0.1, -0.05) is 0 Å². The molecule has 3 nitrogen and oxygen atoms in total. The summed E-state index contributed by atoms with van der Waals surface area (Å²) in [6, 6.07) is 4.52. The number of likely N-dealkylation sites (N-methyl/N-ethyl adjacent to an activating group) is 1. The Balaban J connectivity index is 2.13. The Morgan fingerprint density at radius 2 is 2.53 bits per heavy atom. The van der Waals surface area contributed by atoms with Crippen molar-refractivity contribution in [2.75, 3.05) is 25.2 Å². The van der Waals surface area contributed by atoms with E-state index in [2.05, 4.69) is 16.9 Å². The van der Waals surface area contributed by atoms with Gasteiger partial charge in [-0.05, 0) is 18.6 Å². The molecular formula is C11H15ClN2O. The minimum atomic E-state index is 0.461. The van der Waals surface area contributed by atoms with Gasteiger partial charge in [0.05, 0.1) is 24.2 Å². The lowest BCUT2D eigenvalue weighted by Crippen LogP contribution is -2.31. The van der Waals surface area contributed by atoms with Crippen molar-refractivity contribution in [3.05, 3.63) is 24.0 Å². The second-order valence-corrected chi connectivity index (χ2v) is 4.03. The fourth-order valence-electron chi connectivity index (χ4n) is 1.80. The summed E-state index contributed by atoms with van der Waals surface area (Å²) >= 11 is 5.76. The first-order valence-corrected chi connectivity index (χ1v) is 5.66. The van der Waals surface area contributed by atoms with Crippen LogP contribution in [0.4, 0.5) is 5.69 Å². The van der Waals surface area contributed by atoms with Gasteiger partial charge in [-0.3, -0.25) is 4.98 Å². The molecule has 1 aromatic heterocycles. The van der Waals surface area contributed by atoms with Gasteiger partial charge in [-0.15, -0.1) is 11.6 Å². The Morgan fingerprint density at radius 1 is 1.67 bits per heavy atom. The smallest absolute Gasteiger partial charge is 0.0670 e. The lowest BCUT2D eigenvalue weighted by molar-refractivity contribution is 0.193. The number of aromatic nitrogens is 1. The number of rotatable bonds is 3. The van der Waals surface area contributed by atoms with Crippen molar-refractivity contribution in [2.24, 2.45) is 0 Å². The third kappa shape index (κ3) is 2.41. The van der Waals surface area contributed by atoms with Crippen LogP contribution >= 0.6 is 11.6 Å².